The number of aliphatic carboxylic acids is 2. The molecule has 0 aromatic rings. The third-order valence-corrected chi connectivity index (χ3v) is 4.66. The summed E-state index contributed by atoms with van der Waals surface area (Å²) in [5.74, 6) is -1.36. The molecule has 0 spiro atoms. The molecule has 0 heterocycles. The molecule has 4 heteroatoms. The smallest absolute Gasteiger partial charge is 0.306 e. The third-order valence-electron chi connectivity index (χ3n) is 4.66. The van der Waals surface area contributed by atoms with Crippen LogP contribution in [0.5, 0.6) is 0 Å². The molecule has 156 valence electrons. The Labute approximate surface area is 161 Å². The van der Waals surface area contributed by atoms with E-state index in [9.17, 15) is 9.59 Å². The Bertz CT molecular complexity index is 315. The van der Waals surface area contributed by atoms with E-state index in [1.807, 2.05) is 0 Å². The van der Waals surface area contributed by atoms with Crippen molar-refractivity contribution in [1.82, 2.24) is 0 Å². The number of carbonyl (C=O) groups is 2. The van der Waals surface area contributed by atoms with Gasteiger partial charge in [-0.3, -0.25) is 9.59 Å². The molecule has 1 unspecified atom stereocenters. The fraction of sp³-hybridized carbons (Fsp3) is 0.909. The van der Waals surface area contributed by atoms with Crippen LogP contribution in [0.15, 0.2) is 0 Å². The molecule has 0 saturated carbocycles. The molecule has 1 atom stereocenters. The summed E-state index contributed by atoms with van der Waals surface area (Å²) in [7, 11) is 0. The van der Waals surface area contributed by atoms with Crippen molar-refractivity contribution in [2.75, 3.05) is 0 Å². The van der Waals surface area contributed by atoms with Crippen LogP contribution < -0.4 is 0 Å². The second-order valence-electron chi connectivity index (χ2n) is 7.29. The first-order chi connectivity index (χ1) is 12.5. The van der Waals surface area contributed by atoms with E-state index in [-0.39, 0.29) is 5.92 Å². The van der Waals surface area contributed by atoms with Crippen molar-refractivity contribution in [2.45, 2.75) is 124 Å². The van der Waals surface area contributed by atoms with Crippen LogP contribution in [-0.2, 0) is 9.59 Å². The largest absolute Gasteiger partial charge is 0.481 e. The topological polar surface area (TPSA) is 74.6 Å². The fourth-order valence-electron chi connectivity index (χ4n) is 2.89. The van der Waals surface area contributed by atoms with E-state index in [1.54, 1.807) is 0 Å². The lowest BCUT2D eigenvalue weighted by molar-refractivity contribution is -0.142. The molecular weight excluding hydrogens is 328 g/mol. The molecule has 0 fully saturated rings. The van der Waals surface area contributed by atoms with Crippen molar-refractivity contribution >= 4 is 11.9 Å². The standard InChI is InChI=1S/C14H28O2.C8H16O2/c1-3-5-7-8-9-10-12-13(14(15)16)11-6-4-2;1-2-3-4-5-6-7-8(9)10/h13H,3-12H2,1-2H3,(H,15,16);2-7H2,1H3,(H,9,10). The molecule has 0 bridgehead atoms. The highest BCUT2D eigenvalue weighted by Crippen LogP contribution is 2.18. The van der Waals surface area contributed by atoms with Gasteiger partial charge in [-0.05, 0) is 19.3 Å². The number of carboxylic acid groups (broad SMARTS) is 2. The molecule has 2 N–H and O–H groups in total. The molecule has 4 nitrogen and oxygen atoms in total. The summed E-state index contributed by atoms with van der Waals surface area (Å²) in [6.45, 7) is 6.48. The highest BCUT2D eigenvalue weighted by atomic mass is 16.4. The van der Waals surface area contributed by atoms with Gasteiger partial charge in [-0.2, -0.15) is 0 Å². The van der Waals surface area contributed by atoms with Crippen molar-refractivity contribution < 1.29 is 19.8 Å². The van der Waals surface area contributed by atoms with E-state index < -0.39 is 11.9 Å². The SMILES string of the molecule is CCCCCCCC(=O)O.CCCCCCCCC(CCCC)C(=O)O. The quantitative estimate of drug-likeness (QED) is 0.268. The average molecular weight is 373 g/mol. The van der Waals surface area contributed by atoms with Crippen molar-refractivity contribution in [3.63, 3.8) is 0 Å². The molecule has 0 rings (SSSR count). The summed E-state index contributed by atoms with van der Waals surface area (Å²) in [4.78, 5) is 21.0. The van der Waals surface area contributed by atoms with Crippen molar-refractivity contribution in [3.8, 4) is 0 Å². The monoisotopic (exact) mass is 372 g/mol. The number of rotatable bonds is 17. The van der Waals surface area contributed by atoms with Gasteiger partial charge in [0.15, 0.2) is 0 Å². The summed E-state index contributed by atoms with van der Waals surface area (Å²) in [6.07, 6.45) is 17.2. The van der Waals surface area contributed by atoms with Crippen LogP contribution >= 0.6 is 0 Å². The zero-order valence-corrected chi connectivity index (χ0v) is 17.6. The molecule has 26 heavy (non-hydrogen) atoms. The van der Waals surface area contributed by atoms with Gasteiger partial charge >= 0.3 is 11.9 Å². The number of unbranched alkanes of at least 4 members (excludes halogenated alkanes) is 10. The van der Waals surface area contributed by atoms with Crippen LogP contribution in [0.1, 0.15) is 124 Å². The predicted octanol–water partition coefficient (Wildman–Crippen LogP) is 7.06. The minimum atomic E-state index is -0.670. The molecule has 0 amide bonds. The first-order valence-corrected chi connectivity index (χ1v) is 10.9. The zero-order chi connectivity index (χ0) is 20.0. The molecule has 0 aliphatic rings. The van der Waals surface area contributed by atoms with Gasteiger partial charge in [0, 0.05) is 6.42 Å². The minimum Gasteiger partial charge on any atom is -0.481 e. The molecule has 0 aromatic heterocycles. The lowest BCUT2D eigenvalue weighted by atomic mass is 9.95. The Morgan fingerprint density at radius 3 is 1.50 bits per heavy atom. The first kappa shape index (κ1) is 27.2. The van der Waals surface area contributed by atoms with Crippen LogP contribution in [0.4, 0.5) is 0 Å². The van der Waals surface area contributed by atoms with Crippen molar-refractivity contribution in [1.29, 1.82) is 0 Å². The fourth-order valence-corrected chi connectivity index (χ4v) is 2.89. The Kier molecular flexibility index (Phi) is 23.0. The summed E-state index contributed by atoms with van der Waals surface area (Å²) in [5.41, 5.74) is 0. The second kappa shape index (κ2) is 22.0. The maximum atomic E-state index is 11.0. The van der Waals surface area contributed by atoms with Crippen LogP contribution in [0.25, 0.3) is 0 Å². The normalized spacial score (nSPS) is 11.5. The Balaban J connectivity index is 0. The van der Waals surface area contributed by atoms with Crippen LogP contribution in [0, 0.1) is 5.92 Å². The van der Waals surface area contributed by atoms with Gasteiger partial charge in [0.1, 0.15) is 0 Å². The average Bonchev–Trinajstić information content (AvgIpc) is 2.60. The molecule has 0 aromatic carbocycles. The van der Waals surface area contributed by atoms with Gasteiger partial charge in [0.05, 0.1) is 5.92 Å². The van der Waals surface area contributed by atoms with Gasteiger partial charge in [0.25, 0.3) is 0 Å². The lowest BCUT2D eigenvalue weighted by Gasteiger charge is -2.11. The molecule has 0 saturated heterocycles. The number of carboxylic acids is 2. The van der Waals surface area contributed by atoms with E-state index in [2.05, 4.69) is 20.8 Å². The van der Waals surface area contributed by atoms with Crippen LogP contribution in [-0.4, -0.2) is 22.2 Å². The van der Waals surface area contributed by atoms with Gasteiger partial charge < -0.3 is 10.2 Å². The number of hydrogen-bond acceptors (Lipinski definition) is 2. The molecule has 0 aliphatic heterocycles. The first-order valence-electron chi connectivity index (χ1n) is 10.9. The van der Waals surface area contributed by atoms with Gasteiger partial charge in [-0.15, -0.1) is 0 Å². The minimum absolute atomic E-state index is 0.0916. The maximum Gasteiger partial charge on any atom is 0.306 e. The summed E-state index contributed by atoms with van der Waals surface area (Å²) in [5, 5.41) is 17.3. The highest BCUT2D eigenvalue weighted by molar-refractivity contribution is 5.69. The van der Waals surface area contributed by atoms with E-state index in [4.69, 9.17) is 10.2 Å². The Morgan fingerprint density at radius 1 is 0.615 bits per heavy atom. The summed E-state index contributed by atoms with van der Waals surface area (Å²) >= 11 is 0. The molecule has 0 radical (unpaired) electrons. The van der Waals surface area contributed by atoms with E-state index >= 15 is 0 Å². The maximum absolute atomic E-state index is 11.0. The van der Waals surface area contributed by atoms with Gasteiger partial charge in [0.2, 0.25) is 0 Å². The van der Waals surface area contributed by atoms with E-state index in [0.29, 0.717) is 6.42 Å². The van der Waals surface area contributed by atoms with E-state index in [1.165, 1.54) is 51.4 Å². The van der Waals surface area contributed by atoms with Crippen molar-refractivity contribution in [3.05, 3.63) is 0 Å². The Morgan fingerprint density at radius 2 is 1.04 bits per heavy atom. The van der Waals surface area contributed by atoms with Crippen LogP contribution in [0.2, 0.25) is 0 Å². The lowest BCUT2D eigenvalue weighted by Crippen LogP contribution is -2.13. The second-order valence-corrected chi connectivity index (χ2v) is 7.29. The molecular formula is C22H44O4. The predicted molar refractivity (Wildman–Crippen MR) is 110 cm³/mol. The zero-order valence-electron chi connectivity index (χ0n) is 17.6. The van der Waals surface area contributed by atoms with Crippen molar-refractivity contribution in [2.24, 2.45) is 5.92 Å². The molecule has 0 aliphatic carbocycles. The van der Waals surface area contributed by atoms with Gasteiger partial charge in [-0.25, -0.2) is 0 Å². The summed E-state index contributed by atoms with van der Waals surface area (Å²) < 4.78 is 0. The Hall–Kier alpha value is -1.06. The van der Waals surface area contributed by atoms with Gasteiger partial charge in [-0.1, -0.05) is 97.8 Å². The summed E-state index contributed by atoms with van der Waals surface area (Å²) in [6, 6.07) is 0. The number of hydrogen-bond donors (Lipinski definition) is 2. The highest BCUT2D eigenvalue weighted by Gasteiger charge is 2.15. The van der Waals surface area contributed by atoms with E-state index in [0.717, 1.165) is 44.9 Å². The third kappa shape index (κ3) is 22.9. The van der Waals surface area contributed by atoms with Crippen LogP contribution in [0.3, 0.4) is 0 Å².